The lowest BCUT2D eigenvalue weighted by Crippen LogP contribution is -2.18. The molecular weight excluding hydrogens is 216 g/mol. The molecule has 0 aromatic carbocycles. The molecule has 1 N–H and O–H groups in total. The molecule has 0 aliphatic rings. The fraction of sp³-hybridized carbons (Fsp3) is 0.692. The van der Waals surface area contributed by atoms with E-state index in [9.17, 15) is 0 Å². The van der Waals surface area contributed by atoms with Crippen molar-refractivity contribution >= 4 is 11.8 Å². The average Bonchev–Trinajstić information content (AvgIpc) is 2.66. The van der Waals surface area contributed by atoms with E-state index >= 15 is 0 Å². The number of rotatable bonds is 8. The summed E-state index contributed by atoms with van der Waals surface area (Å²) in [6.45, 7) is 9.90. The average molecular weight is 240 g/mol. The molecule has 2 nitrogen and oxygen atoms in total. The van der Waals surface area contributed by atoms with Gasteiger partial charge in [-0.15, -0.1) is 0 Å². The summed E-state index contributed by atoms with van der Waals surface area (Å²) in [6, 6.07) is 2.21. The molecular formula is C13H24N2S. The molecule has 0 aliphatic carbocycles. The number of hydrogen-bond acceptors (Lipinski definition) is 2. The van der Waals surface area contributed by atoms with Crippen molar-refractivity contribution in [2.75, 3.05) is 18.1 Å². The van der Waals surface area contributed by atoms with Crippen LogP contribution in [-0.4, -0.2) is 22.6 Å². The van der Waals surface area contributed by atoms with Crippen molar-refractivity contribution in [2.24, 2.45) is 5.92 Å². The van der Waals surface area contributed by atoms with E-state index in [1.807, 2.05) is 11.8 Å². The van der Waals surface area contributed by atoms with Gasteiger partial charge in [0.1, 0.15) is 0 Å². The summed E-state index contributed by atoms with van der Waals surface area (Å²) in [7, 11) is 0. The van der Waals surface area contributed by atoms with Gasteiger partial charge in [0, 0.05) is 31.2 Å². The van der Waals surface area contributed by atoms with E-state index in [4.69, 9.17) is 0 Å². The molecule has 92 valence electrons. The van der Waals surface area contributed by atoms with E-state index in [2.05, 4.69) is 49.1 Å². The quantitative estimate of drug-likeness (QED) is 0.704. The lowest BCUT2D eigenvalue weighted by Gasteiger charge is -2.05. The Morgan fingerprint density at radius 3 is 2.94 bits per heavy atom. The zero-order valence-corrected chi connectivity index (χ0v) is 11.5. The molecule has 0 bridgehead atoms. The highest BCUT2D eigenvalue weighted by Gasteiger charge is 1.98. The van der Waals surface area contributed by atoms with Crippen LogP contribution >= 0.6 is 11.8 Å². The third-order valence-electron chi connectivity index (χ3n) is 2.39. The van der Waals surface area contributed by atoms with Crippen LogP contribution in [-0.2, 0) is 13.1 Å². The molecule has 1 aromatic rings. The number of hydrogen-bond donors (Lipinski definition) is 1. The number of aryl methyl sites for hydroxylation is 1. The second-order valence-electron chi connectivity index (χ2n) is 4.48. The molecule has 0 atom stereocenters. The molecule has 0 aliphatic heterocycles. The predicted molar refractivity (Wildman–Crippen MR) is 74.0 cm³/mol. The molecule has 0 saturated heterocycles. The molecule has 0 fully saturated rings. The normalized spacial score (nSPS) is 11.2. The van der Waals surface area contributed by atoms with Crippen LogP contribution in [0.15, 0.2) is 18.5 Å². The fourth-order valence-electron chi connectivity index (χ4n) is 1.55. The predicted octanol–water partition coefficient (Wildman–Crippen LogP) is 2.99. The van der Waals surface area contributed by atoms with Gasteiger partial charge >= 0.3 is 0 Å². The molecule has 0 radical (unpaired) electrons. The molecule has 1 aromatic heterocycles. The first-order valence-electron chi connectivity index (χ1n) is 6.15. The van der Waals surface area contributed by atoms with Gasteiger partial charge in [0.2, 0.25) is 0 Å². The van der Waals surface area contributed by atoms with Crippen LogP contribution in [0.1, 0.15) is 26.3 Å². The van der Waals surface area contributed by atoms with Gasteiger partial charge in [-0.3, -0.25) is 0 Å². The minimum Gasteiger partial charge on any atom is -0.353 e. The Kier molecular flexibility index (Phi) is 6.65. The van der Waals surface area contributed by atoms with Gasteiger partial charge < -0.3 is 9.88 Å². The molecule has 1 rings (SSSR count). The van der Waals surface area contributed by atoms with Crippen molar-refractivity contribution in [3.8, 4) is 0 Å². The maximum Gasteiger partial charge on any atom is 0.0310 e. The summed E-state index contributed by atoms with van der Waals surface area (Å²) in [4.78, 5) is 0. The Hall–Kier alpha value is -0.410. The van der Waals surface area contributed by atoms with Crippen LogP contribution in [0.3, 0.4) is 0 Å². The van der Waals surface area contributed by atoms with Crippen LogP contribution in [0, 0.1) is 5.92 Å². The maximum absolute atomic E-state index is 3.46. The molecule has 1 heterocycles. The van der Waals surface area contributed by atoms with Gasteiger partial charge in [-0.2, -0.15) is 11.8 Å². The van der Waals surface area contributed by atoms with Crippen LogP contribution in [0.4, 0.5) is 0 Å². The number of aromatic nitrogens is 1. The summed E-state index contributed by atoms with van der Waals surface area (Å²) in [5.74, 6) is 3.15. The topological polar surface area (TPSA) is 17.0 Å². The first kappa shape index (κ1) is 13.7. The largest absolute Gasteiger partial charge is 0.353 e. The highest BCUT2D eigenvalue weighted by atomic mass is 32.2. The van der Waals surface area contributed by atoms with E-state index in [1.165, 1.54) is 17.1 Å². The fourth-order valence-corrected chi connectivity index (χ4v) is 2.18. The summed E-state index contributed by atoms with van der Waals surface area (Å²) in [5, 5.41) is 3.46. The monoisotopic (exact) mass is 240 g/mol. The Bertz CT molecular complexity index is 281. The lowest BCUT2D eigenvalue weighted by molar-refractivity contribution is 0.552. The first-order valence-corrected chi connectivity index (χ1v) is 7.31. The summed E-state index contributed by atoms with van der Waals surface area (Å²) < 4.78 is 2.29. The van der Waals surface area contributed by atoms with Crippen molar-refractivity contribution in [1.29, 1.82) is 0 Å². The third kappa shape index (κ3) is 5.61. The molecule has 16 heavy (non-hydrogen) atoms. The van der Waals surface area contributed by atoms with Crippen molar-refractivity contribution in [1.82, 2.24) is 9.88 Å². The van der Waals surface area contributed by atoms with Gasteiger partial charge in [-0.05, 0) is 29.8 Å². The first-order chi connectivity index (χ1) is 7.72. The second kappa shape index (κ2) is 7.80. The maximum atomic E-state index is 3.46. The minimum atomic E-state index is 0.725. The van der Waals surface area contributed by atoms with Crippen molar-refractivity contribution in [3.05, 3.63) is 24.0 Å². The Morgan fingerprint density at radius 1 is 1.44 bits per heavy atom. The summed E-state index contributed by atoms with van der Waals surface area (Å²) in [6.07, 6.45) is 4.44. The Labute approximate surface area is 104 Å². The SMILES string of the molecule is CCSCCn1ccc(CNCC(C)C)c1. The smallest absolute Gasteiger partial charge is 0.0310 e. The van der Waals surface area contributed by atoms with Crippen molar-refractivity contribution in [2.45, 2.75) is 33.9 Å². The number of thioether (sulfide) groups is 1. The van der Waals surface area contributed by atoms with Crippen LogP contribution < -0.4 is 5.32 Å². The van der Waals surface area contributed by atoms with Gasteiger partial charge in [-0.25, -0.2) is 0 Å². The van der Waals surface area contributed by atoms with Crippen LogP contribution in [0.5, 0.6) is 0 Å². The Morgan fingerprint density at radius 2 is 2.25 bits per heavy atom. The molecule has 0 saturated carbocycles. The zero-order valence-electron chi connectivity index (χ0n) is 10.7. The van der Waals surface area contributed by atoms with E-state index in [0.29, 0.717) is 0 Å². The van der Waals surface area contributed by atoms with Crippen LogP contribution in [0.2, 0.25) is 0 Å². The summed E-state index contributed by atoms with van der Waals surface area (Å²) in [5.41, 5.74) is 1.39. The zero-order chi connectivity index (χ0) is 11.8. The molecule has 0 unspecified atom stereocenters. The van der Waals surface area contributed by atoms with Gasteiger partial charge in [-0.1, -0.05) is 20.8 Å². The summed E-state index contributed by atoms with van der Waals surface area (Å²) >= 11 is 2.00. The van der Waals surface area contributed by atoms with E-state index in [1.54, 1.807) is 0 Å². The standard InChI is InChI=1S/C13H24N2S/c1-4-16-8-7-15-6-5-13(11-15)10-14-9-12(2)3/h5-6,11-12,14H,4,7-10H2,1-3H3. The van der Waals surface area contributed by atoms with E-state index in [0.717, 1.165) is 25.6 Å². The highest BCUT2D eigenvalue weighted by molar-refractivity contribution is 7.99. The van der Waals surface area contributed by atoms with E-state index < -0.39 is 0 Å². The molecule has 0 amide bonds. The van der Waals surface area contributed by atoms with E-state index in [-0.39, 0.29) is 0 Å². The van der Waals surface area contributed by atoms with Gasteiger partial charge in [0.05, 0.1) is 0 Å². The molecule has 0 spiro atoms. The van der Waals surface area contributed by atoms with Crippen molar-refractivity contribution < 1.29 is 0 Å². The molecule has 3 heteroatoms. The lowest BCUT2D eigenvalue weighted by atomic mass is 10.2. The van der Waals surface area contributed by atoms with Gasteiger partial charge in [0.15, 0.2) is 0 Å². The third-order valence-corrected chi connectivity index (χ3v) is 3.27. The van der Waals surface area contributed by atoms with Crippen LogP contribution in [0.25, 0.3) is 0 Å². The van der Waals surface area contributed by atoms with Gasteiger partial charge in [0.25, 0.3) is 0 Å². The minimum absolute atomic E-state index is 0.725. The second-order valence-corrected chi connectivity index (χ2v) is 5.87. The number of nitrogens with one attached hydrogen (secondary N) is 1. The number of nitrogens with zero attached hydrogens (tertiary/aromatic N) is 1. The Balaban J connectivity index is 2.22. The van der Waals surface area contributed by atoms with Crippen molar-refractivity contribution in [3.63, 3.8) is 0 Å². The highest BCUT2D eigenvalue weighted by Crippen LogP contribution is 2.04.